The van der Waals surface area contributed by atoms with E-state index in [-0.39, 0.29) is 6.71 Å². The summed E-state index contributed by atoms with van der Waals surface area (Å²) in [6, 6.07) is 25.3. The van der Waals surface area contributed by atoms with E-state index >= 15 is 0 Å². The molecule has 3 aromatic rings. The quantitative estimate of drug-likeness (QED) is 0.599. The molecule has 3 aromatic carbocycles. The zero-order valence-electron chi connectivity index (χ0n) is 14.4. The molecule has 0 atom stereocenters. The third-order valence-electron chi connectivity index (χ3n) is 4.58. The van der Waals surface area contributed by atoms with Crippen molar-refractivity contribution in [3.63, 3.8) is 0 Å². The van der Waals surface area contributed by atoms with Gasteiger partial charge in [-0.05, 0) is 16.7 Å². The molecular weight excluding hydrogens is 299 g/mol. The molecule has 0 N–H and O–H groups in total. The van der Waals surface area contributed by atoms with Gasteiger partial charge in [0.05, 0.1) is 0 Å². The molecule has 3 rings (SSSR count). The largest absolute Gasteiger partial charge is 0.243 e. The molecule has 0 nitrogen and oxygen atoms in total. The van der Waals surface area contributed by atoms with Crippen molar-refractivity contribution in [2.45, 2.75) is 0 Å². The Balaban J connectivity index is 2.34. The normalized spacial score (nSPS) is 10.1. The van der Waals surface area contributed by atoms with Crippen LogP contribution >= 0.6 is 0 Å². The Morgan fingerprint density at radius 1 is 0.480 bits per heavy atom. The molecule has 0 unspecified atom stereocenters. The molecule has 0 heterocycles. The molecule has 120 valence electrons. The van der Waals surface area contributed by atoms with Gasteiger partial charge >= 0.3 is 0 Å². The van der Waals surface area contributed by atoms with Crippen molar-refractivity contribution in [2.24, 2.45) is 0 Å². The first-order chi connectivity index (χ1) is 12.3. The summed E-state index contributed by atoms with van der Waals surface area (Å²) in [5.41, 5.74) is 7.14. The zero-order valence-corrected chi connectivity index (χ0v) is 14.4. The van der Waals surface area contributed by atoms with Crippen LogP contribution in [0, 0.1) is 0 Å². The first kappa shape index (κ1) is 16.8. The molecular formula is C24H21B. The van der Waals surface area contributed by atoms with Crippen LogP contribution in [-0.4, -0.2) is 6.71 Å². The van der Waals surface area contributed by atoms with Gasteiger partial charge in [0, 0.05) is 0 Å². The van der Waals surface area contributed by atoms with Crippen LogP contribution in [0.4, 0.5) is 0 Å². The Bertz CT molecular complexity index is 798. The first-order valence-corrected chi connectivity index (χ1v) is 8.44. The van der Waals surface area contributed by atoms with Crippen molar-refractivity contribution in [1.29, 1.82) is 0 Å². The lowest BCUT2D eigenvalue weighted by molar-refractivity contribution is 1.66. The summed E-state index contributed by atoms with van der Waals surface area (Å²) in [4.78, 5) is 0. The predicted octanol–water partition coefficient (Wildman–Crippen LogP) is 4.13. The van der Waals surface area contributed by atoms with Crippen molar-refractivity contribution in [3.8, 4) is 0 Å². The second kappa shape index (κ2) is 7.68. The average molecular weight is 320 g/mol. The summed E-state index contributed by atoms with van der Waals surface area (Å²) in [6.45, 7) is 12.1. The molecule has 0 saturated heterocycles. The summed E-state index contributed by atoms with van der Waals surface area (Å²) in [6.07, 6.45) is 5.78. The zero-order chi connectivity index (χ0) is 17.6. The molecule has 0 aliphatic carbocycles. The molecule has 1 heteroatoms. The maximum Gasteiger partial charge on any atom is 0.243 e. The van der Waals surface area contributed by atoms with Crippen molar-refractivity contribution in [3.05, 3.63) is 109 Å². The molecule has 0 spiro atoms. The number of rotatable bonds is 6. The van der Waals surface area contributed by atoms with Crippen LogP contribution in [0.2, 0.25) is 0 Å². The van der Waals surface area contributed by atoms with Crippen LogP contribution < -0.4 is 16.4 Å². The van der Waals surface area contributed by atoms with E-state index < -0.39 is 0 Å². The smallest absolute Gasteiger partial charge is 0.0985 e. The fourth-order valence-electron chi connectivity index (χ4n) is 3.38. The lowest BCUT2D eigenvalue weighted by Gasteiger charge is -2.21. The van der Waals surface area contributed by atoms with Crippen molar-refractivity contribution < 1.29 is 0 Å². The summed E-state index contributed by atoms with van der Waals surface area (Å²) in [5.74, 6) is 0. The SMILES string of the molecule is C=Cc1ccccc1B(c1ccccc1C=C)c1ccccc1C=C. The molecule has 25 heavy (non-hydrogen) atoms. The number of benzene rings is 3. The highest BCUT2D eigenvalue weighted by atomic mass is 14.1. The fourth-order valence-corrected chi connectivity index (χ4v) is 3.38. The van der Waals surface area contributed by atoms with Crippen LogP contribution in [0.15, 0.2) is 92.5 Å². The molecule has 0 aliphatic rings. The first-order valence-electron chi connectivity index (χ1n) is 8.44. The minimum atomic E-state index is 0.0950. The monoisotopic (exact) mass is 320 g/mol. The molecule has 0 aromatic heterocycles. The van der Waals surface area contributed by atoms with Gasteiger partial charge in [0.15, 0.2) is 0 Å². The maximum absolute atomic E-state index is 4.01. The number of hydrogen-bond donors (Lipinski definition) is 0. The Morgan fingerprint density at radius 3 is 1.04 bits per heavy atom. The van der Waals surface area contributed by atoms with Crippen LogP contribution in [0.3, 0.4) is 0 Å². The Kier molecular flexibility index (Phi) is 5.16. The highest BCUT2D eigenvalue weighted by Gasteiger charge is 2.26. The van der Waals surface area contributed by atoms with Crippen LogP contribution in [-0.2, 0) is 0 Å². The summed E-state index contributed by atoms with van der Waals surface area (Å²) in [5, 5.41) is 0. The van der Waals surface area contributed by atoms with E-state index in [0.29, 0.717) is 0 Å². The van der Waals surface area contributed by atoms with E-state index in [1.165, 1.54) is 16.4 Å². The van der Waals surface area contributed by atoms with Gasteiger partial charge in [-0.2, -0.15) is 0 Å². The molecule has 0 saturated carbocycles. The van der Waals surface area contributed by atoms with Crippen LogP contribution in [0.25, 0.3) is 18.2 Å². The van der Waals surface area contributed by atoms with Gasteiger partial charge in [0.1, 0.15) is 0 Å². The number of hydrogen-bond acceptors (Lipinski definition) is 0. The topological polar surface area (TPSA) is 0 Å². The minimum absolute atomic E-state index is 0.0950. The average Bonchev–Trinajstić information content (AvgIpc) is 2.69. The van der Waals surface area contributed by atoms with Crippen LogP contribution in [0.1, 0.15) is 16.7 Å². The van der Waals surface area contributed by atoms with E-state index in [9.17, 15) is 0 Å². The van der Waals surface area contributed by atoms with Gasteiger partial charge in [-0.15, -0.1) is 0 Å². The molecule has 0 radical (unpaired) electrons. The fraction of sp³-hybridized carbons (Fsp3) is 0. The third kappa shape index (κ3) is 3.27. The lowest BCUT2D eigenvalue weighted by Crippen LogP contribution is -2.54. The van der Waals surface area contributed by atoms with E-state index in [2.05, 4.69) is 92.5 Å². The van der Waals surface area contributed by atoms with Crippen LogP contribution in [0.5, 0.6) is 0 Å². The highest BCUT2D eigenvalue weighted by molar-refractivity contribution is 6.96. The lowest BCUT2D eigenvalue weighted by atomic mass is 9.35. The second-order valence-corrected chi connectivity index (χ2v) is 5.93. The standard InChI is InChI=1S/C24H21B/c1-4-19-13-7-10-16-22(19)25(23-17-11-8-14-20(23)5-2)24-18-12-9-15-21(24)6-3/h4-18H,1-3H2. The van der Waals surface area contributed by atoms with E-state index in [0.717, 1.165) is 16.7 Å². The summed E-state index contributed by atoms with van der Waals surface area (Å²) >= 11 is 0. The Morgan fingerprint density at radius 2 is 0.760 bits per heavy atom. The minimum Gasteiger partial charge on any atom is -0.0985 e. The van der Waals surface area contributed by atoms with Gasteiger partial charge in [-0.25, -0.2) is 0 Å². The Labute approximate surface area is 150 Å². The van der Waals surface area contributed by atoms with Gasteiger partial charge in [-0.3, -0.25) is 0 Å². The summed E-state index contributed by atoms with van der Waals surface area (Å²) in [7, 11) is 0. The summed E-state index contributed by atoms with van der Waals surface area (Å²) < 4.78 is 0. The van der Waals surface area contributed by atoms with Gasteiger partial charge in [0.25, 0.3) is 0 Å². The van der Waals surface area contributed by atoms with Crippen molar-refractivity contribution >= 4 is 41.3 Å². The molecule has 0 amide bonds. The highest BCUT2D eigenvalue weighted by Crippen LogP contribution is 2.08. The predicted molar refractivity (Wildman–Crippen MR) is 114 cm³/mol. The van der Waals surface area contributed by atoms with E-state index in [1.807, 2.05) is 18.2 Å². The molecule has 0 bridgehead atoms. The molecule has 0 fully saturated rings. The second-order valence-electron chi connectivity index (χ2n) is 5.93. The van der Waals surface area contributed by atoms with Gasteiger partial charge in [-0.1, -0.05) is 127 Å². The van der Waals surface area contributed by atoms with Crippen molar-refractivity contribution in [1.82, 2.24) is 0 Å². The molecule has 0 aliphatic heterocycles. The maximum atomic E-state index is 4.01. The third-order valence-corrected chi connectivity index (χ3v) is 4.58. The van der Waals surface area contributed by atoms with Crippen molar-refractivity contribution in [2.75, 3.05) is 0 Å². The van der Waals surface area contributed by atoms with E-state index in [1.54, 1.807) is 0 Å². The van der Waals surface area contributed by atoms with E-state index in [4.69, 9.17) is 0 Å². The van der Waals surface area contributed by atoms with Gasteiger partial charge in [0.2, 0.25) is 6.71 Å². The Hall–Kier alpha value is -3.06. The van der Waals surface area contributed by atoms with Gasteiger partial charge < -0.3 is 0 Å².